The first-order valence-corrected chi connectivity index (χ1v) is 10.8. The zero-order valence-corrected chi connectivity index (χ0v) is 16.9. The van der Waals surface area contributed by atoms with Gasteiger partial charge in [-0.05, 0) is 68.2 Å². The number of rotatable bonds is 12. The summed E-state index contributed by atoms with van der Waals surface area (Å²) >= 11 is 0. The highest BCUT2D eigenvalue weighted by atomic mass is 16.5. The molecule has 26 heavy (non-hydrogen) atoms. The van der Waals surface area contributed by atoms with Crippen molar-refractivity contribution < 1.29 is 9.47 Å². The second kappa shape index (κ2) is 12.8. The second-order valence-electron chi connectivity index (χ2n) is 7.69. The molecule has 0 aliphatic heterocycles. The van der Waals surface area contributed by atoms with Crippen LogP contribution in [0.15, 0.2) is 36.4 Å². The molecule has 1 aliphatic carbocycles. The van der Waals surface area contributed by atoms with Crippen molar-refractivity contribution in [1.82, 2.24) is 0 Å². The highest BCUT2D eigenvalue weighted by Crippen LogP contribution is 2.32. The monoisotopic (exact) mass is 358 g/mol. The predicted molar refractivity (Wildman–Crippen MR) is 111 cm³/mol. The summed E-state index contributed by atoms with van der Waals surface area (Å²) in [5, 5.41) is 0. The molecular formula is C24H38O2. The van der Waals surface area contributed by atoms with Gasteiger partial charge in [0.25, 0.3) is 0 Å². The van der Waals surface area contributed by atoms with Crippen LogP contribution in [0, 0.1) is 11.8 Å². The first-order chi connectivity index (χ1) is 12.8. The fourth-order valence-corrected chi connectivity index (χ4v) is 3.71. The van der Waals surface area contributed by atoms with Crippen molar-refractivity contribution >= 4 is 0 Å². The largest absolute Gasteiger partial charge is 0.494 e. The van der Waals surface area contributed by atoms with E-state index in [-0.39, 0.29) is 0 Å². The van der Waals surface area contributed by atoms with Crippen molar-refractivity contribution in [3.63, 3.8) is 0 Å². The van der Waals surface area contributed by atoms with Gasteiger partial charge in [-0.2, -0.15) is 0 Å². The zero-order valence-electron chi connectivity index (χ0n) is 16.9. The molecule has 2 heteroatoms. The molecule has 0 N–H and O–H groups in total. The lowest BCUT2D eigenvalue weighted by molar-refractivity contribution is 0.288. The van der Waals surface area contributed by atoms with Crippen LogP contribution in [0.1, 0.15) is 78.1 Å². The molecule has 0 saturated heterocycles. The second-order valence-corrected chi connectivity index (χ2v) is 7.69. The van der Waals surface area contributed by atoms with Crippen LogP contribution in [0.3, 0.4) is 0 Å². The average Bonchev–Trinajstić information content (AvgIpc) is 2.68. The molecule has 1 aromatic carbocycles. The third kappa shape index (κ3) is 8.29. The van der Waals surface area contributed by atoms with Gasteiger partial charge < -0.3 is 9.47 Å². The maximum absolute atomic E-state index is 5.82. The summed E-state index contributed by atoms with van der Waals surface area (Å²) in [6.07, 6.45) is 18.0. The molecule has 0 aromatic heterocycles. The number of ether oxygens (including phenoxy) is 2. The molecular weight excluding hydrogens is 320 g/mol. The maximum atomic E-state index is 5.82. The van der Waals surface area contributed by atoms with Gasteiger partial charge in [0.15, 0.2) is 0 Å². The number of allylic oxidation sites excluding steroid dienone is 1. The van der Waals surface area contributed by atoms with Crippen LogP contribution in [0.2, 0.25) is 0 Å². The van der Waals surface area contributed by atoms with Crippen molar-refractivity contribution in [2.24, 2.45) is 11.8 Å². The lowest BCUT2D eigenvalue weighted by Gasteiger charge is -2.26. The first-order valence-electron chi connectivity index (χ1n) is 10.8. The van der Waals surface area contributed by atoms with Gasteiger partial charge in [0.05, 0.1) is 6.61 Å². The summed E-state index contributed by atoms with van der Waals surface area (Å²) in [6.45, 7) is 5.92. The first kappa shape index (κ1) is 20.9. The molecule has 1 aliphatic rings. The lowest BCUT2D eigenvalue weighted by atomic mass is 9.79. The Morgan fingerprint density at radius 2 is 1.50 bits per heavy atom. The topological polar surface area (TPSA) is 18.5 Å². The van der Waals surface area contributed by atoms with Crippen LogP contribution in [0.25, 0.3) is 0 Å². The minimum Gasteiger partial charge on any atom is -0.494 e. The molecule has 146 valence electrons. The van der Waals surface area contributed by atoms with E-state index in [9.17, 15) is 0 Å². The number of hydrogen-bond acceptors (Lipinski definition) is 2. The fraction of sp³-hybridized carbons (Fsp3) is 0.667. The van der Waals surface area contributed by atoms with E-state index in [1.54, 1.807) is 0 Å². The number of hydrogen-bond donors (Lipinski definition) is 0. The molecule has 0 amide bonds. The Morgan fingerprint density at radius 1 is 0.846 bits per heavy atom. The number of unbranched alkanes of at least 4 members (excludes halogenated alkanes) is 3. The minimum absolute atomic E-state index is 0.659. The standard InChI is InChI=1S/C24H38O2/c1-3-5-7-9-21-11-13-22(14-12-21)10-8-20-26-24-17-15-23(16-18-24)25-19-6-4-2/h8,10,15-18,21-22H,3-7,9,11-14,19-20H2,1-2H3/b10-8+/t21-,22-. The van der Waals surface area contributed by atoms with Gasteiger partial charge in [-0.15, -0.1) is 0 Å². The fourth-order valence-electron chi connectivity index (χ4n) is 3.71. The summed E-state index contributed by atoms with van der Waals surface area (Å²) in [5.74, 6) is 3.59. The van der Waals surface area contributed by atoms with Gasteiger partial charge in [0, 0.05) is 0 Å². The molecule has 0 radical (unpaired) electrons. The molecule has 1 saturated carbocycles. The lowest BCUT2D eigenvalue weighted by Crippen LogP contribution is -2.13. The molecule has 1 fully saturated rings. The Balaban J connectivity index is 1.59. The van der Waals surface area contributed by atoms with Crippen molar-refractivity contribution in [1.29, 1.82) is 0 Å². The van der Waals surface area contributed by atoms with Crippen molar-refractivity contribution in [3.8, 4) is 11.5 Å². The summed E-state index contributed by atoms with van der Waals surface area (Å²) in [4.78, 5) is 0. The maximum Gasteiger partial charge on any atom is 0.120 e. The van der Waals surface area contributed by atoms with Crippen LogP contribution in [0.5, 0.6) is 11.5 Å². The van der Waals surface area contributed by atoms with E-state index in [4.69, 9.17) is 9.47 Å². The zero-order chi connectivity index (χ0) is 18.5. The van der Waals surface area contributed by atoms with Crippen molar-refractivity contribution in [2.45, 2.75) is 78.1 Å². The SMILES string of the molecule is CCCCC[C@H]1CC[C@H](/C=C/COc2ccc(OCCCC)cc2)CC1. The van der Waals surface area contributed by atoms with Crippen molar-refractivity contribution in [2.75, 3.05) is 13.2 Å². The van der Waals surface area contributed by atoms with Crippen LogP contribution < -0.4 is 9.47 Å². The predicted octanol–water partition coefficient (Wildman–Crippen LogP) is 7.19. The highest BCUT2D eigenvalue weighted by Gasteiger charge is 2.18. The Morgan fingerprint density at radius 3 is 2.15 bits per heavy atom. The van der Waals surface area contributed by atoms with Crippen LogP contribution >= 0.6 is 0 Å². The Hall–Kier alpha value is -1.44. The van der Waals surface area contributed by atoms with E-state index in [0.29, 0.717) is 6.61 Å². The normalized spacial score (nSPS) is 20.4. The van der Waals surface area contributed by atoms with Gasteiger partial charge in [-0.25, -0.2) is 0 Å². The molecule has 2 rings (SSSR count). The van der Waals surface area contributed by atoms with E-state index < -0.39 is 0 Å². The van der Waals surface area contributed by atoms with E-state index in [2.05, 4.69) is 26.0 Å². The van der Waals surface area contributed by atoms with Crippen LogP contribution in [0.4, 0.5) is 0 Å². The smallest absolute Gasteiger partial charge is 0.120 e. The van der Waals surface area contributed by atoms with E-state index >= 15 is 0 Å². The Kier molecular flexibility index (Phi) is 10.3. The quantitative estimate of drug-likeness (QED) is 0.291. The summed E-state index contributed by atoms with van der Waals surface area (Å²) < 4.78 is 11.5. The summed E-state index contributed by atoms with van der Waals surface area (Å²) in [6, 6.07) is 7.98. The molecule has 0 bridgehead atoms. The van der Waals surface area contributed by atoms with E-state index in [0.717, 1.165) is 42.8 Å². The van der Waals surface area contributed by atoms with Gasteiger partial charge >= 0.3 is 0 Å². The van der Waals surface area contributed by atoms with E-state index in [1.165, 1.54) is 51.4 Å². The molecule has 2 nitrogen and oxygen atoms in total. The van der Waals surface area contributed by atoms with Crippen LogP contribution in [-0.4, -0.2) is 13.2 Å². The number of benzene rings is 1. The molecule has 1 aromatic rings. The Bertz CT molecular complexity index is 483. The minimum atomic E-state index is 0.659. The Labute approximate surface area is 161 Å². The third-order valence-electron chi connectivity index (χ3n) is 5.45. The average molecular weight is 359 g/mol. The summed E-state index contributed by atoms with van der Waals surface area (Å²) in [5.41, 5.74) is 0. The van der Waals surface area contributed by atoms with Gasteiger partial charge in [-0.1, -0.05) is 58.1 Å². The van der Waals surface area contributed by atoms with Gasteiger partial charge in [0.1, 0.15) is 18.1 Å². The third-order valence-corrected chi connectivity index (χ3v) is 5.45. The summed E-state index contributed by atoms with van der Waals surface area (Å²) in [7, 11) is 0. The van der Waals surface area contributed by atoms with Gasteiger partial charge in [-0.3, -0.25) is 0 Å². The highest BCUT2D eigenvalue weighted by molar-refractivity contribution is 5.31. The molecule has 0 spiro atoms. The van der Waals surface area contributed by atoms with E-state index in [1.807, 2.05) is 24.3 Å². The van der Waals surface area contributed by atoms with Crippen LogP contribution in [-0.2, 0) is 0 Å². The van der Waals surface area contributed by atoms with Crippen molar-refractivity contribution in [3.05, 3.63) is 36.4 Å². The van der Waals surface area contributed by atoms with Gasteiger partial charge in [0.2, 0.25) is 0 Å². The molecule has 0 heterocycles. The molecule has 0 unspecified atom stereocenters. The molecule has 0 atom stereocenters.